The predicted molar refractivity (Wildman–Crippen MR) is 125 cm³/mol. The molecule has 0 aliphatic rings. The van der Waals surface area contributed by atoms with Crippen molar-refractivity contribution < 1.29 is 4.79 Å². The number of hydrogen-bond donors (Lipinski definition) is 1. The number of nitrogens with zero attached hydrogens (tertiary/aromatic N) is 4. The molecule has 0 aliphatic carbocycles. The van der Waals surface area contributed by atoms with Gasteiger partial charge in [-0.1, -0.05) is 58.0 Å². The first-order chi connectivity index (χ1) is 15.1. The smallest absolute Gasteiger partial charge is 0.282 e. The highest BCUT2D eigenvalue weighted by Gasteiger charge is 2.15. The molecule has 0 fully saturated rings. The summed E-state index contributed by atoms with van der Waals surface area (Å²) in [7, 11) is 0. The first-order valence-electron chi connectivity index (χ1n) is 9.54. The lowest BCUT2D eigenvalue weighted by atomic mass is 10.1. The van der Waals surface area contributed by atoms with Gasteiger partial charge in [0.25, 0.3) is 5.56 Å². The van der Waals surface area contributed by atoms with Crippen LogP contribution in [0.1, 0.15) is 5.56 Å². The maximum Gasteiger partial charge on any atom is 0.282 e. The number of carbonyl (C=O) groups excluding carboxylic acids is 1. The van der Waals surface area contributed by atoms with Crippen LogP contribution in [-0.2, 0) is 17.8 Å². The lowest BCUT2D eigenvalue weighted by molar-refractivity contribution is -0.113. The number of fused-ring (bicyclic) bond motifs is 1. The van der Waals surface area contributed by atoms with Gasteiger partial charge in [0.05, 0.1) is 5.75 Å². The topological polar surface area (TPSA) is 89.8 Å². The fraction of sp³-hybridized carbons (Fsp3) is 0.136. The molecule has 156 valence electrons. The molecule has 7 nitrogen and oxygen atoms in total. The highest BCUT2D eigenvalue weighted by Crippen LogP contribution is 2.19. The van der Waals surface area contributed by atoms with Crippen LogP contribution in [0.15, 0.2) is 81.4 Å². The Hall–Kier alpha value is -3.04. The van der Waals surface area contributed by atoms with Gasteiger partial charge in [-0.25, -0.2) is 15.0 Å². The number of nitrogens with one attached hydrogen (secondary N) is 1. The van der Waals surface area contributed by atoms with Gasteiger partial charge in [0.1, 0.15) is 0 Å². The lowest BCUT2D eigenvalue weighted by Crippen LogP contribution is -2.26. The maximum atomic E-state index is 13.0. The second-order valence-electron chi connectivity index (χ2n) is 6.66. The van der Waals surface area contributed by atoms with Gasteiger partial charge in [0.2, 0.25) is 5.91 Å². The Morgan fingerprint density at radius 3 is 2.55 bits per heavy atom. The Bertz CT molecular complexity index is 1260. The van der Waals surface area contributed by atoms with Crippen LogP contribution in [-0.4, -0.2) is 31.2 Å². The predicted octanol–water partition coefficient (Wildman–Crippen LogP) is 3.92. The average Bonchev–Trinajstić information content (AvgIpc) is 2.79. The van der Waals surface area contributed by atoms with Gasteiger partial charge in [-0.05, 0) is 36.2 Å². The number of aromatic nitrogens is 4. The van der Waals surface area contributed by atoms with E-state index in [0.717, 1.165) is 10.0 Å². The van der Waals surface area contributed by atoms with Crippen LogP contribution in [0.5, 0.6) is 0 Å². The summed E-state index contributed by atoms with van der Waals surface area (Å²) >= 11 is 4.57. The molecular formula is C22H18BrN5O2S. The molecule has 4 rings (SSSR count). The zero-order valence-electron chi connectivity index (χ0n) is 16.4. The molecule has 0 radical (unpaired) electrons. The Labute approximate surface area is 191 Å². The van der Waals surface area contributed by atoms with Crippen LogP contribution in [0.2, 0.25) is 0 Å². The van der Waals surface area contributed by atoms with E-state index in [4.69, 9.17) is 0 Å². The molecule has 0 atom stereocenters. The van der Waals surface area contributed by atoms with Crippen LogP contribution in [0.25, 0.3) is 11.2 Å². The van der Waals surface area contributed by atoms with E-state index < -0.39 is 0 Å². The first kappa shape index (κ1) is 21.2. The molecule has 4 aromatic rings. The minimum absolute atomic E-state index is 0.111. The molecule has 0 bridgehead atoms. The van der Waals surface area contributed by atoms with Gasteiger partial charge in [-0.15, -0.1) is 0 Å². The number of halogens is 1. The van der Waals surface area contributed by atoms with Crippen molar-refractivity contribution in [1.82, 2.24) is 19.5 Å². The summed E-state index contributed by atoms with van der Waals surface area (Å²) in [6.45, 7) is 0.430. The summed E-state index contributed by atoms with van der Waals surface area (Å²) in [5.74, 6) is -0.0741. The van der Waals surface area contributed by atoms with Crippen molar-refractivity contribution in [3.63, 3.8) is 0 Å². The quantitative estimate of drug-likeness (QED) is 0.308. The second kappa shape index (κ2) is 9.84. The Balaban J connectivity index is 1.55. The molecule has 0 unspecified atom stereocenters. The van der Waals surface area contributed by atoms with Gasteiger partial charge in [-0.3, -0.25) is 14.2 Å². The number of rotatable bonds is 7. The maximum absolute atomic E-state index is 13.0. The monoisotopic (exact) mass is 495 g/mol. The summed E-state index contributed by atoms with van der Waals surface area (Å²) < 4.78 is 2.51. The molecular weight excluding hydrogens is 478 g/mol. The lowest BCUT2D eigenvalue weighted by Gasteiger charge is -2.12. The second-order valence-corrected chi connectivity index (χ2v) is 8.52. The summed E-state index contributed by atoms with van der Waals surface area (Å²) in [5, 5.41) is 3.29. The van der Waals surface area contributed by atoms with Crippen molar-refractivity contribution >= 4 is 50.5 Å². The fourth-order valence-electron chi connectivity index (χ4n) is 2.98. The highest BCUT2D eigenvalue weighted by molar-refractivity contribution is 9.10. The number of aryl methyl sites for hydroxylation is 1. The van der Waals surface area contributed by atoms with Gasteiger partial charge < -0.3 is 5.32 Å². The molecule has 1 amide bonds. The first-order valence-corrected chi connectivity index (χ1v) is 11.3. The van der Waals surface area contributed by atoms with E-state index >= 15 is 0 Å². The van der Waals surface area contributed by atoms with Crippen molar-refractivity contribution in [3.05, 3.63) is 87.4 Å². The Morgan fingerprint density at radius 2 is 1.77 bits per heavy atom. The Kier molecular flexibility index (Phi) is 6.73. The summed E-state index contributed by atoms with van der Waals surface area (Å²) in [4.78, 5) is 38.3. The normalized spacial score (nSPS) is 10.9. The molecule has 2 aromatic carbocycles. The third kappa shape index (κ3) is 5.36. The molecule has 2 aromatic heterocycles. The van der Waals surface area contributed by atoms with E-state index in [-0.39, 0.29) is 28.4 Å². The van der Waals surface area contributed by atoms with Crippen LogP contribution in [0.4, 0.5) is 5.69 Å². The van der Waals surface area contributed by atoms with Crippen molar-refractivity contribution in [2.75, 3.05) is 11.1 Å². The average molecular weight is 496 g/mol. The zero-order valence-corrected chi connectivity index (χ0v) is 18.8. The number of carbonyl (C=O) groups is 1. The molecule has 9 heteroatoms. The molecule has 31 heavy (non-hydrogen) atoms. The van der Waals surface area contributed by atoms with Crippen molar-refractivity contribution in [3.8, 4) is 0 Å². The minimum atomic E-state index is -0.259. The van der Waals surface area contributed by atoms with Crippen molar-refractivity contribution in [2.24, 2.45) is 0 Å². The fourth-order valence-corrected chi connectivity index (χ4v) is 4.06. The summed E-state index contributed by atoms with van der Waals surface area (Å²) in [5.41, 5.74) is 2.05. The van der Waals surface area contributed by atoms with E-state index in [0.29, 0.717) is 23.8 Å². The van der Waals surface area contributed by atoms with E-state index in [1.165, 1.54) is 24.2 Å². The minimum Gasteiger partial charge on any atom is -0.325 e. The van der Waals surface area contributed by atoms with E-state index in [1.807, 2.05) is 54.6 Å². The third-order valence-electron chi connectivity index (χ3n) is 4.49. The third-order valence-corrected chi connectivity index (χ3v) is 5.99. The SMILES string of the molecule is O=C(CSc1nc2nccnc2c(=O)n1CCc1ccccc1)Nc1ccc(Br)cc1. The molecule has 0 aliphatic heterocycles. The van der Waals surface area contributed by atoms with Crippen molar-refractivity contribution in [1.29, 1.82) is 0 Å². The van der Waals surface area contributed by atoms with E-state index in [1.54, 1.807) is 4.57 Å². The molecule has 0 spiro atoms. The van der Waals surface area contributed by atoms with Crippen LogP contribution in [0.3, 0.4) is 0 Å². The molecule has 0 saturated carbocycles. The van der Waals surface area contributed by atoms with Crippen molar-refractivity contribution in [2.45, 2.75) is 18.1 Å². The van der Waals surface area contributed by atoms with Crippen LogP contribution < -0.4 is 10.9 Å². The Morgan fingerprint density at radius 1 is 1.03 bits per heavy atom. The van der Waals surface area contributed by atoms with Gasteiger partial charge >= 0.3 is 0 Å². The van der Waals surface area contributed by atoms with Gasteiger partial charge in [-0.2, -0.15) is 0 Å². The molecule has 0 saturated heterocycles. The van der Waals surface area contributed by atoms with E-state index in [9.17, 15) is 9.59 Å². The van der Waals surface area contributed by atoms with Gasteiger partial charge in [0.15, 0.2) is 16.3 Å². The molecule has 1 N–H and O–H groups in total. The largest absolute Gasteiger partial charge is 0.325 e. The number of amides is 1. The number of hydrogen-bond acceptors (Lipinski definition) is 6. The standard InChI is InChI=1S/C22H18BrN5O2S/c23-16-6-8-17(9-7-16)26-18(29)14-31-22-27-20-19(24-11-12-25-20)21(30)28(22)13-10-15-4-2-1-3-5-15/h1-9,11-12H,10,13-14H2,(H,26,29). The highest BCUT2D eigenvalue weighted by atomic mass is 79.9. The summed E-state index contributed by atoms with van der Waals surface area (Å²) in [6, 6.07) is 17.2. The van der Waals surface area contributed by atoms with Gasteiger partial charge in [0, 0.05) is 29.1 Å². The summed E-state index contributed by atoms with van der Waals surface area (Å²) in [6.07, 6.45) is 3.63. The van der Waals surface area contributed by atoms with E-state index in [2.05, 4.69) is 36.2 Å². The number of anilines is 1. The zero-order chi connectivity index (χ0) is 21.6. The molecule has 2 heterocycles. The number of benzene rings is 2. The number of thioether (sulfide) groups is 1. The van der Waals surface area contributed by atoms with Crippen LogP contribution >= 0.6 is 27.7 Å². The van der Waals surface area contributed by atoms with Crippen LogP contribution in [0, 0.1) is 0 Å².